The molecular weight excluding hydrogens is 264 g/mol. The summed E-state index contributed by atoms with van der Waals surface area (Å²) in [6.07, 6.45) is 2.32. The number of carbonyl (C=O) groups is 1. The van der Waals surface area contributed by atoms with Crippen LogP contribution in [-0.4, -0.2) is 23.9 Å². The first kappa shape index (κ1) is 13.6. The molecule has 1 unspecified atom stereocenters. The second-order valence-corrected chi connectivity index (χ2v) is 5.21. The first-order valence-corrected chi connectivity index (χ1v) is 6.90. The lowest BCUT2D eigenvalue weighted by atomic mass is 9.94. The van der Waals surface area contributed by atoms with Gasteiger partial charge in [-0.2, -0.15) is 0 Å². The smallest absolute Gasteiger partial charge is 0.202 e. The van der Waals surface area contributed by atoms with E-state index in [1.807, 2.05) is 18.2 Å². The highest BCUT2D eigenvalue weighted by atomic mass is 16.5. The molecule has 0 saturated carbocycles. The van der Waals surface area contributed by atoms with Crippen molar-refractivity contribution < 1.29 is 9.53 Å². The summed E-state index contributed by atoms with van der Waals surface area (Å²) in [5.74, 6) is 0.0527. The number of benzene rings is 1. The molecule has 4 heteroatoms. The lowest BCUT2D eigenvalue weighted by molar-refractivity contribution is 0.0943. The van der Waals surface area contributed by atoms with E-state index in [9.17, 15) is 4.79 Å². The minimum Gasteiger partial charge on any atom is -0.380 e. The zero-order valence-electron chi connectivity index (χ0n) is 12.0. The normalized spacial score (nSPS) is 17.7. The molecule has 21 heavy (non-hydrogen) atoms. The summed E-state index contributed by atoms with van der Waals surface area (Å²) < 4.78 is 5.26. The molecule has 0 amide bonds. The van der Waals surface area contributed by atoms with Gasteiger partial charge in [0.25, 0.3) is 0 Å². The Morgan fingerprint density at radius 3 is 2.95 bits per heavy atom. The molecular formula is C17H18N2O2. The summed E-state index contributed by atoms with van der Waals surface area (Å²) in [4.78, 5) is 15.8. The Morgan fingerprint density at radius 1 is 1.43 bits per heavy atom. The summed E-state index contributed by atoms with van der Waals surface area (Å²) in [5.41, 5.74) is 4.24. The van der Waals surface area contributed by atoms with Crippen LogP contribution in [0.4, 0.5) is 0 Å². The van der Waals surface area contributed by atoms with Crippen LogP contribution in [-0.2, 0) is 11.3 Å². The van der Waals surface area contributed by atoms with Gasteiger partial charge in [-0.25, -0.2) is 0 Å². The Morgan fingerprint density at radius 2 is 2.24 bits per heavy atom. The molecule has 2 heterocycles. The fourth-order valence-corrected chi connectivity index (χ4v) is 2.94. The van der Waals surface area contributed by atoms with E-state index in [1.165, 1.54) is 0 Å². The SMILES string of the molecule is C=CCC1NC(=C)c2c([nH]c3cccc(COC)c23)C1=O. The van der Waals surface area contributed by atoms with Gasteiger partial charge in [0.05, 0.1) is 18.3 Å². The highest BCUT2D eigenvalue weighted by Gasteiger charge is 2.32. The summed E-state index contributed by atoms with van der Waals surface area (Å²) >= 11 is 0. The Bertz CT molecular complexity index is 743. The number of rotatable bonds is 4. The Balaban J connectivity index is 2.22. The zero-order chi connectivity index (χ0) is 15.0. The van der Waals surface area contributed by atoms with Gasteiger partial charge in [0, 0.05) is 29.3 Å². The molecule has 0 radical (unpaired) electrons. The average molecular weight is 282 g/mol. The van der Waals surface area contributed by atoms with Crippen molar-refractivity contribution in [1.29, 1.82) is 0 Å². The van der Waals surface area contributed by atoms with Crippen molar-refractivity contribution in [2.24, 2.45) is 0 Å². The second kappa shape index (κ2) is 5.22. The first-order valence-electron chi connectivity index (χ1n) is 6.90. The van der Waals surface area contributed by atoms with Gasteiger partial charge in [0.2, 0.25) is 5.78 Å². The molecule has 0 aliphatic carbocycles. The lowest BCUT2D eigenvalue weighted by Gasteiger charge is -2.24. The molecule has 2 N–H and O–H groups in total. The predicted octanol–water partition coefficient (Wildman–Crippen LogP) is 3.02. The summed E-state index contributed by atoms with van der Waals surface area (Å²) in [6.45, 7) is 8.29. The number of ether oxygens (including phenoxy) is 1. The monoisotopic (exact) mass is 282 g/mol. The lowest BCUT2D eigenvalue weighted by Crippen LogP contribution is -2.39. The summed E-state index contributed by atoms with van der Waals surface area (Å²) in [5, 5.41) is 4.21. The fraction of sp³-hybridized carbons (Fsp3) is 0.235. The maximum atomic E-state index is 12.6. The molecule has 0 fully saturated rings. The molecule has 0 bridgehead atoms. The number of hydrogen-bond donors (Lipinski definition) is 2. The molecule has 108 valence electrons. The summed E-state index contributed by atoms with van der Waals surface area (Å²) in [6, 6.07) is 5.64. The van der Waals surface area contributed by atoms with Crippen LogP contribution in [0.15, 0.2) is 37.4 Å². The predicted molar refractivity (Wildman–Crippen MR) is 84.1 cm³/mol. The maximum absolute atomic E-state index is 12.6. The van der Waals surface area contributed by atoms with Crippen LogP contribution in [0, 0.1) is 0 Å². The van der Waals surface area contributed by atoms with E-state index >= 15 is 0 Å². The molecule has 1 atom stereocenters. The van der Waals surface area contributed by atoms with Crippen molar-refractivity contribution in [3.05, 3.63) is 54.3 Å². The van der Waals surface area contributed by atoms with E-state index in [-0.39, 0.29) is 11.8 Å². The molecule has 0 saturated heterocycles. The van der Waals surface area contributed by atoms with Gasteiger partial charge in [-0.15, -0.1) is 6.58 Å². The van der Waals surface area contributed by atoms with Gasteiger partial charge < -0.3 is 15.0 Å². The van der Waals surface area contributed by atoms with Gasteiger partial charge in [-0.05, 0) is 18.1 Å². The molecule has 2 aromatic rings. The van der Waals surface area contributed by atoms with Crippen LogP contribution in [0.5, 0.6) is 0 Å². The van der Waals surface area contributed by atoms with Crippen LogP contribution in [0.2, 0.25) is 0 Å². The molecule has 4 nitrogen and oxygen atoms in total. The number of H-pyrrole nitrogens is 1. The van der Waals surface area contributed by atoms with Gasteiger partial charge in [-0.3, -0.25) is 4.79 Å². The highest BCUT2D eigenvalue weighted by Crippen LogP contribution is 2.34. The quantitative estimate of drug-likeness (QED) is 0.848. The molecule has 1 aromatic heterocycles. The minimum atomic E-state index is -0.290. The second-order valence-electron chi connectivity index (χ2n) is 5.21. The van der Waals surface area contributed by atoms with Crippen LogP contribution in [0.3, 0.4) is 0 Å². The van der Waals surface area contributed by atoms with Gasteiger partial charge >= 0.3 is 0 Å². The third kappa shape index (κ3) is 2.08. The van der Waals surface area contributed by atoms with Gasteiger partial charge in [-0.1, -0.05) is 24.8 Å². The van der Waals surface area contributed by atoms with Crippen LogP contribution < -0.4 is 5.32 Å². The van der Waals surface area contributed by atoms with Crippen molar-refractivity contribution in [1.82, 2.24) is 10.3 Å². The first-order chi connectivity index (χ1) is 10.2. The fourth-order valence-electron chi connectivity index (χ4n) is 2.94. The number of hydrogen-bond acceptors (Lipinski definition) is 3. The number of ketones is 1. The van der Waals surface area contributed by atoms with E-state index < -0.39 is 0 Å². The molecule has 1 aliphatic heterocycles. The van der Waals surface area contributed by atoms with Gasteiger partial charge in [0.15, 0.2) is 0 Å². The van der Waals surface area contributed by atoms with Crippen molar-refractivity contribution in [3.63, 3.8) is 0 Å². The van der Waals surface area contributed by atoms with Crippen molar-refractivity contribution >= 4 is 22.4 Å². The van der Waals surface area contributed by atoms with Gasteiger partial charge in [0.1, 0.15) is 0 Å². The van der Waals surface area contributed by atoms with Crippen LogP contribution in [0.25, 0.3) is 16.6 Å². The highest BCUT2D eigenvalue weighted by molar-refractivity contribution is 6.12. The number of Topliss-reactive ketones (excluding diaryl/α,β-unsaturated/α-hetero) is 1. The van der Waals surface area contributed by atoms with Crippen LogP contribution in [0.1, 0.15) is 28.0 Å². The number of methoxy groups -OCH3 is 1. The maximum Gasteiger partial charge on any atom is 0.202 e. The van der Waals surface area contributed by atoms with E-state index in [0.29, 0.717) is 18.7 Å². The standard InChI is InChI=1S/C17H18N2O2/c1-4-6-13-17(20)16-14(10(2)18-13)15-11(9-21-3)7-5-8-12(15)19-16/h4-5,7-8,13,18-19H,1-2,6,9H2,3H3. The van der Waals surface area contributed by atoms with Crippen molar-refractivity contribution in [2.45, 2.75) is 19.1 Å². The number of aromatic amines is 1. The third-order valence-electron chi connectivity index (χ3n) is 3.83. The average Bonchev–Trinajstić information content (AvgIpc) is 2.86. The number of aromatic nitrogens is 1. The molecule has 1 aliphatic rings. The molecule has 1 aromatic carbocycles. The minimum absolute atomic E-state index is 0.0527. The van der Waals surface area contributed by atoms with E-state index in [4.69, 9.17) is 4.74 Å². The van der Waals surface area contributed by atoms with E-state index in [1.54, 1.807) is 13.2 Å². The largest absolute Gasteiger partial charge is 0.380 e. The molecule has 0 spiro atoms. The number of nitrogens with one attached hydrogen (secondary N) is 2. The van der Waals surface area contributed by atoms with Crippen molar-refractivity contribution in [3.8, 4) is 0 Å². The Labute approximate surface area is 123 Å². The van der Waals surface area contributed by atoms with Crippen LogP contribution >= 0.6 is 0 Å². The van der Waals surface area contributed by atoms with E-state index in [2.05, 4.69) is 23.5 Å². The van der Waals surface area contributed by atoms with E-state index in [0.717, 1.165) is 27.7 Å². The summed E-state index contributed by atoms with van der Waals surface area (Å²) in [7, 11) is 1.66. The Kier molecular flexibility index (Phi) is 3.39. The number of carbonyl (C=O) groups excluding carboxylic acids is 1. The third-order valence-corrected chi connectivity index (χ3v) is 3.83. The topological polar surface area (TPSA) is 54.1 Å². The van der Waals surface area contributed by atoms with Crippen molar-refractivity contribution in [2.75, 3.05) is 7.11 Å². The number of fused-ring (bicyclic) bond motifs is 3. The zero-order valence-corrected chi connectivity index (χ0v) is 12.0. The Hall–Kier alpha value is -2.33. The molecule has 3 rings (SSSR count).